The fourth-order valence-electron chi connectivity index (χ4n) is 2.56. The summed E-state index contributed by atoms with van der Waals surface area (Å²) in [5.41, 5.74) is 5.34. The lowest BCUT2D eigenvalue weighted by Crippen LogP contribution is -2.14. The predicted molar refractivity (Wildman–Crippen MR) is 90.3 cm³/mol. The number of rotatable bonds is 2. The molecule has 0 spiro atoms. The number of nitrogens with one attached hydrogen (secondary N) is 1. The summed E-state index contributed by atoms with van der Waals surface area (Å²) in [4.78, 5) is 17.2. The predicted octanol–water partition coefficient (Wildman–Crippen LogP) is 4.41. The number of amides is 1. The van der Waals surface area contributed by atoms with Crippen LogP contribution >= 0.6 is 0 Å². The van der Waals surface area contributed by atoms with Gasteiger partial charge in [-0.2, -0.15) is 0 Å². The monoisotopic (exact) mass is 290 g/mol. The van der Waals surface area contributed by atoms with Crippen molar-refractivity contribution >= 4 is 22.5 Å². The molecule has 0 fully saturated rings. The molecule has 3 heteroatoms. The van der Waals surface area contributed by atoms with E-state index in [1.807, 2.05) is 69.3 Å². The average Bonchev–Trinajstić information content (AvgIpc) is 2.49. The van der Waals surface area contributed by atoms with E-state index in [1.165, 1.54) is 0 Å². The summed E-state index contributed by atoms with van der Waals surface area (Å²) in [5, 5.41) is 3.88. The highest BCUT2D eigenvalue weighted by molar-refractivity contribution is 6.12. The van der Waals surface area contributed by atoms with Crippen molar-refractivity contribution in [1.82, 2.24) is 4.98 Å². The Bertz CT molecular complexity index is 868. The smallest absolute Gasteiger partial charge is 0.256 e. The molecule has 1 N–H and O–H groups in total. The highest BCUT2D eigenvalue weighted by atomic mass is 16.1. The Morgan fingerprint density at radius 3 is 2.55 bits per heavy atom. The SMILES string of the molecule is Cc1ccc2nc(C)cc(C(=O)Nc3ccccc3C)c2c1. The minimum atomic E-state index is -0.101. The second-order valence-corrected chi connectivity index (χ2v) is 5.60. The molecule has 0 saturated carbocycles. The summed E-state index contributed by atoms with van der Waals surface area (Å²) in [5.74, 6) is -0.101. The third-order valence-corrected chi connectivity index (χ3v) is 3.73. The van der Waals surface area contributed by atoms with Gasteiger partial charge in [-0.15, -0.1) is 0 Å². The fourth-order valence-corrected chi connectivity index (χ4v) is 2.56. The average molecular weight is 290 g/mol. The van der Waals surface area contributed by atoms with Crippen LogP contribution in [0.4, 0.5) is 5.69 Å². The standard InChI is InChI=1S/C19H18N2O/c1-12-8-9-18-15(10-12)16(11-14(3)20-18)19(22)21-17-7-5-4-6-13(17)2/h4-11H,1-3H3,(H,21,22). The van der Waals surface area contributed by atoms with Crippen LogP contribution in [0.1, 0.15) is 27.2 Å². The van der Waals surface area contributed by atoms with Crippen molar-refractivity contribution in [2.75, 3.05) is 5.32 Å². The zero-order valence-corrected chi connectivity index (χ0v) is 13.0. The topological polar surface area (TPSA) is 42.0 Å². The van der Waals surface area contributed by atoms with Crippen LogP contribution in [-0.2, 0) is 0 Å². The highest BCUT2D eigenvalue weighted by Gasteiger charge is 2.13. The van der Waals surface area contributed by atoms with E-state index >= 15 is 0 Å². The van der Waals surface area contributed by atoms with Gasteiger partial charge in [0.05, 0.1) is 11.1 Å². The minimum absolute atomic E-state index is 0.101. The van der Waals surface area contributed by atoms with E-state index in [9.17, 15) is 4.79 Å². The normalized spacial score (nSPS) is 10.7. The summed E-state index contributed by atoms with van der Waals surface area (Å²) in [6.07, 6.45) is 0. The molecule has 3 nitrogen and oxygen atoms in total. The molecule has 0 atom stereocenters. The van der Waals surface area contributed by atoms with E-state index in [2.05, 4.69) is 10.3 Å². The number of nitrogens with zero attached hydrogens (tertiary/aromatic N) is 1. The Labute approximate surface area is 130 Å². The Morgan fingerprint density at radius 2 is 1.77 bits per heavy atom. The number of aromatic nitrogens is 1. The first-order valence-electron chi connectivity index (χ1n) is 7.29. The molecule has 3 aromatic rings. The van der Waals surface area contributed by atoms with Gasteiger partial charge < -0.3 is 5.32 Å². The van der Waals surface area contributed by atoms with Crippen molar-refractivity contribution in [3.8, 4) is 0 Å². The van der Waals surface area contributed by atoms with Crippen LogP contribution in [0.3, 0.4) is 0 Å². The van der Waals surface area contributed by atoms with Gasteiger partial charge in [-0.1, -0.05) is 29.8 Å². The molecule has 0 saturated heterocycles. The molecular weight excluding hydrogens is 272 g/mol. The number of fused-ring (bicyclic) bond motifs is 1. The van der Waals surface area contributed by atoms with Crippen molar-refractivity contribution in [2.45, 2.75) is 20.8 Å². The molecule has 1 aromatic heterocycles. The van der Waals surface area contributed by atoms with Crippen molar-refractivity contribution in [3.05, 3.63) is 70.9 Å². The first-order chi connectivity index (χ1) is 10.5. The number of carbonyl (C=O) groups is 1. The third kappa shape index (κ3) is 2.70. The van der Waals surface area contributed by atoms with Gasteiger partial charge in [0.2, 0.25) is 0 Å². The summed E-state index contributed by atoms with van der Waals surface area (Å²) in [6.45, 7) is 5.90. The summed E-state index contributed by atoms with van der Waals surface area (Å²) in [6, 6.07) is 15.6. The minimum Gasteiger partial charge on any atom is -0.322 e. The van der Waals surface area contributed by atoms with E-state index in [0.717, 1.165) is 33.4 Å². The highest BCUT2D eigenvalue weighted by Crippen LogP contribution is 2.22. The molecule has 0 aliphatic carbocycles. The maximum atomic E-state index is 12.7. The number of hydrogen-bond acceptors (Lipinski definition) is 2. The van der Waals surface area contributed by atoms with Crippen LogP contribution < -0.4 is 5.32 Å². The van der Waals surface area contributed by atoms with Crippen molar-refractivity contribution in [3.63, 3.8) is 0 Å². The quantitative estimate of drug-likeness (QED) is 0.759. The number of aryl methyl sites for hydroxylation is 3. The van der Waals surface area contributed by atoms with Crippen molar-refractivity contribution in [1.29, 1.82) is 0 Å². The lowest BCUT2D eigenvalue weighted by atomic mass is 10.0. The van der Waals surface area contributed by atoms with Crippen LogP contribution in [0, 0.1) is 20.8 Å². The number of anilines is 1. The lowest BCUT2D eigenvalue weighted by Gasteiger charge is -2.11. The number of hydrogen-bond donors (Lipinski definition) is 1. The number of benzene rings is 2. The summed E-state index contributed by atoms with van der Waals surface area (Å²) in [7, 11) is 0. The molecule has 3 rings (SSSR count). The van der Waals surface area contributed by atoms with E-state index in [-0.39, 0.29) is 5.91 Å². The second kappa shape index (κ2) is 5.60. The molecule has 0 aliphatic rings. The second-order valence-electron chi connectivity index (χ2n) is 5.60. The first-order valence-corrected chi connectivity index (χ1v) is 7.29. The third-order valence-electron chi connectivity index (χ3n) is 3.73. The molecule has 0 radical (unpaired) electrons. The number of para-hydroxylation sites is 1. The number of carbonyl (C=O) groups excluding carboxylic acids is 1. The van der Waals surface area contributed by atoms with Crippen LogP contribution in [-0.4, -0.2) is 10.9 Å². The Hall–Kier alpha value is -2.68. The molecule has 110 valence electrons. The Kier molecular flexibility index (Phi) is 3.63. The van der Waals surface area contributed by atoms with E-state index in [1.54, 1.807) is 0 Å². The Balaban J connectivity index is 2.07. The number of pyridine rings is 1. The molecule has 0 unspecified atom stereocenters. The van der Waals surface area contributed by atoms with Crippen molar-refractivity contribution < 1.29 is 4.79 Å². The lowest BCUT2D eigenvalue weighted by molar-refractivity contribution is 0.102. The van der Waals surface area contributed by atoms with Crippen LogP contribution in [0.2, 0.25) is 0 Å². The van der Waals surface area contributed by atoms with E-state index in [0.29, 0.717) is 5.56 Å². The van der Waals surface area contributed by atoms with Gasteiger partial charge >= 0.3 is 0 Å². The zero-order valence-electron chi connectivity index (χ0n) is 13.0. The molecule has 22 heavy (non-hydrogen) atoms. The van der Waals surface area contributed by atoms with Gasteiger partial charge in [0, 0.05) is 16.8 Å². The molecular formula is C19H18N2O. The Morgan fingerprint density at radius 1 is 1.00 bits per heavy atom. The first kappa shape index (κ1) is 14.3. The molecule has 0 bridgehead atoms. The molecule has 1 amide bonds. The van der Waals surface area contributed by atoms with E-state index < -0.39 is 0 Å². The van der Waals surface area contributed by atoms with Crippen molar-refractivity contribution in [2.24, 2.45) is 0 Å². The van der Waals surface area contributed by atoms with Gasteiger partial charge in [0.15, 0.2) is 0 Å². The molecule has 2 aromatic carbocycles. The van der Waals surface area contributed by atoms with E-state index in [4.69, 9.17) is 0 Å². The zero-order chi connectivity index (χ0) is 15.7. The maximum Gasteiger partial charge on any atom is 0.256 e. The largest absolute Gasteiger partial charge is 0.322 e. The van der Waals surface area contributed by atoms with Gasteiger partial charge in [-0.3, -0.25) is 9.78 Å². The fraction of sp³-hybridized carbons (Fsp3) is 0.158. The van der Waals surface area contributed by atoms with Crippen LogP contribution in [0.5, 0.6) is 0 Å². The molecule has 0 aliphatic heterocycles. The van der Waals surface area contributed by atoms with Crippen LogP contribution in [0.25, 0.3) is 10.9 Å². The van der Waals surface area contributed by atoms with Gasteiger partial charge in [0.1, 0.15) is 0 Å². The summed E-state index contributed by atoms with van der Waals surface area (Å²) < 4.78 is 0. The van der Waals surface area contributed by atoms with Gasteiger partial charge in [-0.05, 0) is 50.6 Å². The van der Waals surface area contributed by atoms with Gasteiger partial charge in [0.25, 0.3) is 5.91 Å². The van der Waals surface area contributed by atoms with Gasteiger partial charge in [-0.25, -0.2) is 0 Å². The summed E-state index contributed by atoms with van der Waals surface area (Å²) >= 11 is 0. The maximum absolute atomic E-state index is 12.7. The molecule has 1 heterocycles. The van der Waals surface area contributed by atoms with Crippen LogP contribution in [0.15, 0.2) is 48.5 Å².